The smallest absolute Gasteiger partial charge is 0.416 e. The van der Waals surface area contributed by atoms with E-state index in [-0.39, 0.29) is 35.9 Å². The number of hydrogen-bond acceptors (Lipinski definition) is 7. The molecule has 14 heteroatoms. The predicted molar refractivity (Wildman–Crippen MR) is 161 cm³/mol. The Bertz CT molecular complexity index is 1790. The lowest BCUT2D eigenvalue weighted by molar-refractivity contribution is -0.137. The number of hydrogen-bond donors (Lipinski definition) is 2. The molecule has 0 bridgehead atoms. The molecule has 45 heavy (non-hydrogen) atoms. The number of imidazole rings is 1. The number of urea groups is 1. The van der Waals surface area contributed by atoms with Gasteiger partial charge in [0, 0.05) is 61.3 Å². The quantitative estimate of drug-likeness (QED) is 0.302. The third kappa shape index (κ3) is 5.49. The zero-order valence-corrected chi connectivity index (χ0v) is 25.1. The Morgan fingerprint density at radius 1 is 1.18 bits per heavy atom. The molecule has 6 rings (SSSR count). The predicted octanol–water partition coefficient (Wildman–Crippen LogP) is 5.22. The van der Waals surface area contributed by atoms with Crippen LogP contribution in [0.2, 0.25) is 0 Å². The number of pyridine rings is 1. The molecule has 3 amide bonds. The number of rotatable bonds is 6. The van der Waals surface area contributed by atoms with Gasteiger partial charge in [0.05, 0.1) is 12.2 Å². The van der Waals surface area contributed by atoms with Crippen LogP contribution >= 0.6 is 0 Å². The number of ether oxygens (including phenoxy) is 1. The molecule has 0 aliphatic carbocycles. The van der Waals surface area contributed by atoms with E-state index in [1.807, 2.05) is 16.3 Å². The van der Waals surface area contributed by atoms with E-state index in [9.17, 15) is 22.8 Å². The first-order chi connectivity index (χ1) is 21.4. The number of nitrogens with two attached hydrogens (primary N) is 1. The average molecular weight is 623 g/mol. The van der Waals surface area contributed by atoms with Crippen LogP contribution in [0.15, 0.2) is 48.9 Å². The van der Waals surface area contributed by atoms with Crippen molar-refractivity contribution in [3.8, 4) is 17.0 Å². The van der Waals surface area contributed by atoms with Gasteiger partial charge in [-0.2, -0.15) is 13.2 Å². The van der Waals surface area contributed by atoms with Gasteiger partial charge in [0.2, 0.25) is 0 Å². The van der Waals surface area contributed by atoms with Gasteiger partial charge < -0.3 is 25.6 Å². The zero-order valence-electron chi connectivity index (χ0n) is 25.1. The van der Waals surface area contributed by atoms with Crippen LogP contribution in [0.1, 0.15) is 54.9 Å². The fourth-order valence-corrected chi connectivity index (χ4v) is 6.26. The fraction of sp³-hybridized carbons (Fsp3) is 0.387. The summed E-state index contributed by atoms with van der Waals surface area (Å²) >= 11 is 0. The number of carbonyl (C=O) groups excluding carboxylic acids is 2. The first-order valence-corrected chi connectivity index (χ1v) is 14.7. The minimum atomic E-state index is -4.58. The summed E-state index contributed by atoms with van der Waals surface area (Å²) in [6, 6.07) is 6.51. The second kappa shape index (κ2) is 11.2. The van der Waals surface area contributed by atoms with E-state index in [1.165, 1.54) is 12.1 Å². The highest BCUT2D eigenvalue weighted by Gasteiger charge is 2.45. The van der Waals surface area contributed by atoms with Crippen LogP contribution in [0.25, 0.3) is 16.8 Å². The molecule has 2 fully saturated rings. The average Bonchev–Trinajstić information content (AvgIpc) is 3.41. The number of benzene rings is 1. The van der Waals surface area contributed by atoms with Crippen molar-refractivity contribution in [1.29, 1.82) is 0 Å². The molecule has 0 spiro atoms. The highest BCUT2D eigenvalue weighted by Crippen LogP contribution is 2.42. The second-order valence-electron chi connectivity index (χ2n) is 11.7. The molecule has 4 aromatic rings. The SMILES string of the molecule is CCOc1cc(C(=O)Nc2cc(C(F)(F)F)ccn2)ccc1-c1nc(C2(C)CCC3CCN(C)C(=O)N3C2)n2ccnc(N)c12. The van der Waals surface area contributed by atoms with Gasteiger partial charge in [0.1, 0.15) is 34.4 Å². The number of nitrogens with one attached hydrogen (secondary N) is 1. The Morgan fingerprint density at radius 2 is 1.98 bits per heavy atom. The van der Waals surface area contributed by atoms with Crippen molar-refractivity contribution in [2.75, 3.05) is 37.8 Å². The highest BCUT2D eigenvalue weighted by molar-refractivity contribution is 6.04. The van der Waals surface area contributed by atoms with Crippen molar-refractivity contribution >= 4 is 29.1 Å². The van der Waals surface area contributed by atoms with Gasteiger partial charge in [-0.3, -0.25) is 9.20 Å². The van der Waals surface area contributed by atoms with Crippen molar-refractivity contribution < 1.29 is 27.5 Å². The third-order valence-electron chi connectivity index (χ3n) is 8.61. The first-order valence-electron chi connectivity index (χ1n) is 14.7. The number of anilines is 2. The number of fused-ring (bicyclic) bond motifs is 2. The number of alkyl halides is 3. The van der Waals surface area contributed by atoms with E-state index in [0.717, 1.165) is 50.0 Å². The summed E-state index contributed by atoms with van der Waals surface area (Å²) in [7, 11) is 1.81. The van der Waals surface area contributed by atoms with Crippen LogP contribution < -0.4 is 15.8 Å². The maximum absolute atomic E-state index is 13.2. The van der Waals surface area contributed by atoms with Crippen LogP contribution in [-0.4, -0.2) is 73.9 Å². The van der Waals surface area contributed by atoms with Crippen LogP contribution in [-0.2, 0) is 11.6 Å². The van der Waals surface area contributed by atoms with Crippen LogP contribution in [0.5, 0.6) is 5.75 Å². The summed E-state index contributed by atoms with van der Waals surface area (Å²) in [6.45, 7) is 5.38. The Morgan fingerprint density at radius 3 is 2.73 bits per heavy atom. The van der Waals surface area contributed by atoms with E-state index in [1.54, 1.807) is 30.3 Å². The largest absolute Gasteiger partial charge is 0.493 e. The molecule has 0 saturated carbocycles. The van der Waals surface area contributed by atoms with E-state index >= 15 is 0 Å². The molecule has 3 N–H and O–H groups in total. The normalized spacial score (nSPS) is 20.3. The van der Waals surface area contributed by atoms with Crippen LogP contribution in [0, 0.1) is 0 Å². The van der Waals surface area contributed by atoms with Crippen molar-refractivity contribution in [2.24, 2.45) is 0 Å². The number of nitrogen functional groups attached to an aromatic ring is 1. The van der Waals surface area contributed by atoms with Crippen molar-refractivity contribution in [3.63, 3.8) is 0 Å². The van der Waals surface area contributed by atoms with E-state index in [4.69, 9.17) is 15.5 Å². The minimum Gasteiger partial charge on any atom is -0.493 e. The Balaban J connectivity index is 1.38. The topological polar surface area (TPSA) is 131 Å². The summed E-state index contributed by atoms with van der Waals surface area (Å²) in [5.41, 5.74) is 6.76. The van der Waals surface area contributed by atoms with Crippen molar-refractivity contribution in [2.45, 2.75) is 50.7 Å². The lowest BCUT2D eigenvalue weighted by Crippen LogP contribution is -2.59. The van der Waals surface area contributed by atoms with Gasteiger partial charge in [0.15, 0.2) is 0 Å². The molecule has 5 heterocycles. The Labute approximate surface area is 257 Å². The lowest BCUT2D eigenvalue weighted by atomic mass is 9.77. The lowest BCUT2D eigenvalue weighted by Gasteiger charge is -2.48. The van der Waals surface area contributed by atoms with Crippen molar-refractivity contribution in [3.05, 3.63) is 65.9 Å². The number of nitrogens with zero attached hydrogens (tertiary/aromatic N) is 6. The second-order valence-corrected chi connectivity index (χ2v) is 11.7. The van der Waals surface area contributed by atoms with Crippen LogP contribution in [0.4, 0.5) is 29.6 Å². The van der Waals surface area contributed by atoms with Gasteiger partial charge in [-0.25, -0.2) is 19.7 Å². The molecular formula is C31H33F3N8O3. The number of carbonyl (C=O) groups is 2. The molecule has 2 aliphatic rings. The number of piperidine rings is 1. The van der Waals surface area contributed by atoms with Crippen LogP contribution in [0.3, 0.4) is 0 Å². The molecule has 2 aliphatic heterocycles. The number of aromatic nitrogens is 4. The van der Waals surface area contributed by atoms with Gasteiger partial charge in [-0.05, 0) is 56.5 Å². The maximum Gasteiger partial charge on any atom is 0.416 e. The summed E-state index contributed by atoms with van der Waals surface area (Å²) in [6.07, 6.45) is 2.38. The summed E-state index contributed by atoms with van der Waals surface area (Å²) in [4.78, 5) is 43.1. The number of amides is 3. The molecular weight excluding hydrogens is 589 g/mol. The Kier molecular flexibility index (Phi) is 7.53. The standard InChI is InChI=1S/C31H33F3N8O3/c1-4-45-22-15-18(27(43)38-23-16-19(8-11-36-23)31(32,33)34)5-6-21(22)24-25-26(35)37-12-14-41(25)28(39-24)30(2)10-7-20-9-13-40(3)29(44)42(20)17-30/h5-6,8,11-12,14-16,20H,4,7,9-10,13,17H2,1-3H3,(H2,35,37)(H,36,38,43). The van der Waals surface area contributed by atoms with E-state index < -0.39 is 23.1 Å². The van der Waals surface area contributed by atoms with E-state index in [2.05, 4.69) is 22.2 Å². The highest BCUT2D eigenvalue weighted by atomic mass is 19.4. The molecule has 11 nitrogen and oxygen atoms in total. The molecule has 1 aromatic carbocycles. The van der Waals surface area contributed by atoms with Crippen molar-refractivity contribution in [1.82, 2.24) is 29.2 Å². The van der Waals surface area contributed by atoms with E-state index in [0.29, 0.717) is 29.1 Å². The monoisotopic (exact) mass is 622 g/mol. The molecule has 236 valence electrons. The first kappa shape index (κ1) is 30.2. The summed E-state index contributed by atoms with van der Waals surface area (Å²) in [5, 5.41) is 2.43. The summed E-state index contributed by atoms with van der Waals surface area (Å²) < 4.78 is 47.3. The zero-order chi connectivity index (χ0) is 32.1. The Hall–Kier alpha value is -4.88. The van der Waals surface area contributed by atoms with Gasteiger partial charge in [-0.1, -0.05) is 6.92 Å². The van der Waals surface area contributed by atoms with Gasteiger partial charge in [-0.15, -0.1) is 0 Å². The number of halogens is 3. The molecule has 2 unspecified atom stereocenters. The molecule has 0 radical (unpaired) electrons. The third-order valence-corrected chi connectivity index (χ3v) is 8.61. The molecule has 2 atom stereocenters. The molecule has 2 saturated heterocycles. The summed E-state index contributed by atoms with van der Waals surface area (Å²) in [5.74, 6) is 0.407. The fourth-order valence-electron chi connectivity index (χ4n) is 6.26. The van der Waals surface area contributed by atoms with Gasteiger partial charge in [0.25, 0.3) is 5.91 Å². The maximum atomic E-state index is 13.2. The van der Waals surface area contributed by atoms with Gasteiger partial charge >= 0.3 is 12.2 Å². The molecule has 3 aromatic heterocycles. The minimum absolute atomic E-state index is 0.00673.